The molecule has 0 bridgehead atoms. The van der Waals surface area contributed by atoms with E-state index in [-0.39, 0.29) is 24.1 Å². The van der Waals surface area contributed by atoms with Crippen LogP contribution in [0.3, 0.4) is 0 Å². The van der Waals surface area contributed by atoms with Crippen molar-refractivity contribution in [3.05, 3.63) is 71.7 Å². The van der Waals surface area contributed by atoms with Gasteiger partial charge in [0.05, 0.1) is 12.0 Å². The minimum Gasteiger partial charge on any atom is -0.360 e. The Kier molecular flexibility index (Phi) is 4.62. The van der Waals surface area contributed by atoms with Gasteiger partial charge in [0.15, 0.2) is 0 Å². The molecule has 0 spiro atoms. The maximum atomic E-state index is 13.7. The molecule has 1 aromatic heterocycles. The summed E-state index contributed by atoms with van der Waals surface area (Å²) in [4.78, 5) is 31.9. The first-order chi connectivity index (χ1) is 13.1. The molecule has 27 heavy (non-hydrogen) atoms. The highest BCUT2D eigenvalue weighted by Gasteiger charge is 2.26. The lowest BCUT2D eigenvalue weighted by atomic mass is 10.1. The van der Waals surface area contributed by atoms with Gasteiger partial charge in [-0.1, -0.05) is 36.4 Å². The van der Waals surface area contributed by atoms with E-state index < -0.39 is 0 Å². The molecule has 1 fully saturated rings. The molecule has 0 saturated carbocycles. The lowest BCUT2D eigenvalue weighted by molar-refractivity contribution is -0.132. The molecule has 0 unspecified atom stereocenters. The van der Waals surface area contributed by atoms with Crippen LogP contribution in [0.25, 0.3) is 10.9 Å². The van der Waals surface area contributed by atoms with Gasteiger partial charge in [0.1, 0.15) is 5.82 Å². The summed E-state index contributed by atoms with van der Waals surface area (Å²) < 4.78 is 13.7. The van der Waals surface area contributed by atoms with E-state index >= 15 is 0 Å². The zero-order valence-electron chi connectivity index (χ0n) is 14.8. The summed E-state index contributed by atoms with van der Waals surface area (Å²) >= 11 is 0. The molecular formula is C21H20FN3O2. The third kappa shape index (κ3) is 3.43. The van der Waals surface area contributed by atoms with Crippen LogP contribution in [0.1, 0.15) is 15.9 Å². The summed E-state index contributed by atoms with van der Waals surface area (Å²) in [5.74, 6) is -0.507. The number of nitrogens with zero attached hydrogens (tertiary/aromatic N) is 2. The molecule has 2 aromatic carbocycles. The number of fused-ring (bicyclic) bond motifs is 1. The minimum absolute atomic E-state index is 0.0337. The average Bonchev–Trinajstić information content (AvgIpc) is 3.13. The number of carbonyl (C=O) groups excluding carboxylic acids is 2. The number of para-hydroxylation sites is 1. The summed E-state index contributed by atoms with van der Waals surface area (Å²) in [7, 11) is 0. The van der Waals surface area contributed by atoms with Crippen LogP contribution in [0.4, 0.5) is 4.39 Å². The predicted octanol–water partition coefficient (Wildman–Crippen LogP) is 2.83. The molecule has 1 N–H and O–H groups in total. The fourth-order valence-electron chi connectivity index (χ4n) is 3.49. The normalized spacial score (nSPS) is 14.6. The number of aromatic amines is 1. The lowest BCUT2D eigenvalue weighted by Crippen LogP contribution is -2.51. The van der Waals surface area contributed by atoms with Crippen molar-refractivity contribution >= 4 is 22.7 Å². The summed E-state index contributed by atoms with van der Waals surface area (Å²) in [6.07, 6.45) is 1.78. The van der Waals surface area contributed by atoms with Crippen molar-refractivity contribution in [2.75, 3.05) is 26.2 Å². The Bertz CT molecular complexity index is 990. The van der Waals surface area contributed by atoms with E-state index in [0.717, 1.165) is 10.9 Å². The average molecular weight is 365 g/mol. The van der Waals surface area contributed by atoms with Gasteiger partial charge in [-0.05, 0) is 17.7 Å². The van der Waals surface area contributed by atoms with Gasteiger partial charge in [0.2, 0.25) is 5.91 Å². The highest BCUT2D eigenvalue weighted by molar-refractivity contribution is 6.06. The fourth-order valence-corrected chi connectivity index (χ4v) is 3.49. The van der Waals surface area contributed by atoms with Crippen molar-refractivity contribution in [1.29, 1.82) is 0 Å². The fraction of sp³-hybridized carbons (Fsp3) is 0.238. The molecule has 5 nitrogen and oxygen atoms in total. The molecule has 138 valence electrons. The Balaban J connectivity index is 1.39. The number of amides is 2. The smallest absolute Gasteiger partial charge is 0.256 e. The number of H-pyrrole nitrogens is 1. The highest BCUT2D eigenvalue weighted by atomic mass is 19.1. The van der Waals surface area contributed by atoms with Crippen LogP contribution < -0.4 is 0 Å². The standard InChI is InChI=1S/C21H20FN3O2/c22-18-7-3-1-5-15(18)13-20(26)24-9-11-25(12-10-24)21(27)17-14-23-19-8-4-2-6-16(17)19/h1-8,14,23H,9-13H2. The number of hydrogen-bond acceptors (Lipinski definition) is 2. The number of aromatic nitrogens is 1. The zero-order valence-corrected chi connectivity index (χ0v) is 14.8. The van der Waals surface area contributed by atoms with Crippen molar-refractivity contribution in [3.63, 3.8) is 0 Å². The summed E-state index contributed by atoms with van der Waals surface area (Å²) in [5.41, 5.74) is 1.98. The third-order valence-corrected chi connectivity index (χ3v) is 5.04. The molecule has 6 heteroatoms. The summed E-state index contributed by atoms with van der Waals surface area (Å²) in [6.45, 7) is 1.87. The van der Waals surface area contributed by atoms with Crippen molar-refractivity contribution < 1.29 is 14.0 Å². The quantitative estimate of drug-likeness (QED) is 0.776. The zero-order chi connectivity index (χ0) is 18.8. The monoisotopic (exact) mass is 365 g/mol. The first-order valence-corrected chi connectivity index (χ1v) is 9.00. The van der Waals surface area contributed by atoms with Crippen molar-refractivity contribution in [3.8, 4) is 0 Å². The van der Waals surface area contributed by atoms with Gasteiger partial charge in [0.25, 0.3) is 5.91 Å². The van der Waals surface area contributed by atoms with Crippen LogP contribution >= 0.6 is 0 Å². The second kappa shape index (κ2) is 7.23. The Morgan fingerprint density at radius 1 is 0.926 bits per heavy atom. The van der Waals surface area contributed by atoms with E-state index in [0.29, 0.717) is 37.3 Å². The van der Waals surface area contributed by atoms with E-state index in [1.165, 1.54) is 6.07 Å². The molecule has 3 aromatic rings. The van der Waals surface area contributed by atoms with E-state index in [4.69, 9.17) is 0 Å². The number of benzene rings is 2. The molecule has 1 aliphatic rings. The second-order valence-corrected chi connectivity index (χ2v) is 6.69. The van der Waals surface area contributed by atoms with Crippen LogP contribution in [-0.4, -0.2) is 52.8 Å². The van der Waals surface area contributed by atoms with E-state index in [1.54, 1.807) is 34.2 Å². The lowest BCUT2D eigenvalue weighted by Gasteiger charge is -2.34. The maximum absolute atomic E-state index is 13.7. The van der Waals surface area contributed by atoms with Crippen LogP contribution in [0, 0.1) is 5.82 Å². The summed E-state index contributed by atoms with van der Waals surface area (Å²) in [6, 6.07) is 14.0. The number of hydrogen-bond donors (Lipinski definition) is 1. The van der Waals surface area contributed by atoms with E-state index in [9.17, 15) is 14.0 Å². The van der Waals surface area contributed by atoms with Crippen LogP contribution in [0.15, 0.2) is 54.7 Å². The third-order valence-electron chi connectivity index (χ3n) is 5.04. The number of piperazine rings is 1. The van der Waals surface area contributed by atoms with Crippen LogP contribution in [-0.2, 0) is 11.2 Å². The topological polar surface area (TPSA) is 56.4 Å². The number of rotatable bonds is 3. The van der Waals surface area contributed by atoms with Gasteiger partial charge in [-0.25, -0.2) is 4.39 Å². The number of nitrogens with one attached hydrogen (secondary N) is 1. The molecule has 0 aliphatic carbocycles. The number of halogens is 1. The van der Waals surface area contributed by atoms with Gasteiger partial charge in [0, 0.05) is 43.3 Å². The first kappa shape index (κ1) is 17.3. The Morgan fingerprint density at radius 2 is 1.59 bits per heavy atom. The SMILES string of the molecule is O=C(Cc1ccccc1F)N1CCN(C(=O)c2c[nH]c3ccccc23)CC1. The van der Waals surface area contributed by atoms with E-state index in [1.807, 2.05) is 24.3 Å². The van der Waals surface area contributed by atoms with Gasteiger partial charge in [-0.2, -0.15) is 0 Å². The van der Waals surface area contributed by atoms with Crippen molar-refractivity contribution in [2.24, 2.45) is 0 Å². The Morgan fingerprint density at radius 3 is 2.37 bits per heavy atom. The highest BCUT2D eigenvalue weighted by Crippen LogP contribution is 2.20. The van der Waals surface area contributed by atoms with Gasteiger partial charge < -0.3 is 14.8 Å². The van der Waals surface area contributed by atoms with Gasteiger partial charge in [-0.3, -0.25) is 9.59 Å². The first-order valence-electron chi connectivity index (χ1n) is 9.00. The van der Waals surface area contributed by atoms with Crippen LogP contribution in [0.2, 0.25) is 0 Å². The molecule has 2 heterocycles. The van der Waals surface area contributed by atoms with Crippen molar-refractivity contribution in [2.45, 2.75) is 6.42 Å². The molecule has 2 amide bonds. The van der Waals surface area contributed by atoms with Gasteiger partial charge in [-0.15, -0.1) is 0 Å². The molecular weight excluding hydrogens is 345 g/mol. The predicted molar refractivity (Wildman–Crippen MR) is 101 cm³/mol. The van der Waals surface area contributed by atoms with Gasteiger partial charge >= 0.3 is 0 Å². The van der Waals surface area contributed by atoms with Crippen LogP contribution in [0.5, 0.6) is 0 Å². The second-order valence-electron chi connectivity index (χ2n) is 6.69. The largest absolute Gasteiger partial charge is 0.360 e. The molecule has 1 aliphatic heterocycles. The Hall–Kier alpha value is -3.15. The summed E-state index contributed by atoms with van der Waals surface area (Å²) in [5, 5.41) is 0.903. The molecule has 4 rings (SSSR count). The van der Waals surface area contributed by atoms with E-state index in [2.05, 4.69) is 4.98 Å². The number of carbonyl (C=O) groups is 2. The molecule has 0 atom stereocenters. The molecule has 0 radical (unpaired) electrons. The molecule has 1 saturated heterocycles. The Labute approximate surface area is 156 Å². The maximum Gasteiger partial charge on any atom is 0.256 e. The minimum atomic E-state index is -0.362. The van der Waals surface area contributed by atoms with Crippen molar-refractivity contribution in [1.82, 2.24) is 14.8 Å².